The standard InChI is InChI=1S/C18H26N4O4/c1-13(16(23)20-18(25)19-14-5-2-3-6-14)21-8-10-22(11-9-21)17(24)15-7-4-12-26-15/h4,7,12-14H,2-3,5-6,8-11H2,1H3,(H2,19,20,23,25)/t13-/m0/s1. The van der Waals surface area contributed by atoms with Crippen molar-refractivity contribution in [2.24, 2.45) is 0 Å². The first kappa shape index (κ1) is 18.4. The van der Waals surface area contributed by atoms with Crippen LogP contribution < -0.4 is 10.6 Å². The van der Waals surface area contributed by atoms with Crippen molar-refractivity contribution in [2.75, 3.05) is 26.2 Å². The maximum Gasteiger partial charge on any atom is 0.321 e. The molecule has 142 valence electrons. The predicted octanol–water partition coefficient (Wildman–Crippen LogP) is 1.19. The van der Waals surface area contributed by atoms with Gasteiger partial charge in [0.05, 0.1) is 12.3 Å². The Morgan fingerprint density at radius 3 is 2.46 bits per heavy atom. The van der Waals surface area contributed by atoms with Crippen LogP contribution in [-0.4, -0.2) is 65.9 Å². The average molecular weight is 362 g/mol. The zero-order valence-corrected chi connectivity index (χ0v) is 15.1. The van der Waals surface area contributed by atoms with Gasteiger partial charge in [-0.15, -0.1) is 0 Å². The van der Waals surface area contributed by atoms with Crippen molar-refractivity contribution in [3.63, 3.8) is 0 Å². The van der Waals surface area contributed by atoms with E-state index in [9.17, 15) is 14.4 Å². The fourth-order valence-electron chi connectivity index (χ4n) is 3.54. The number of urea groups is 1. The number of hydrogen-bond acceptors (Lipinski definition) is 5. The third-order valence-electron chi connectivity index (χ3n) is 5.19. The SMILES string of the molecule is C[C@@H](C(=O)NC(=O)NC1CCCC1)N1CCN(C(=O)c2ccco2)CC1. The van der Waals surface area contributed by atoms with Crippen LogP contribution in [0.1, 0.15) is 43.2 Å². The van der Waals surface area contributed by atoms with Gasteiger partial charge in [-0.05, 0) is 31.9 Å². The second-order valence-electron chi connectivity index (χ2n) is 6.93. The Balaban J connectivity index is 1.43. The van der Waals surface area contributed by atoms with E-state index in [1.54, 1.807) is 24.0 Å². The summed E-state index contributed by atoms with van der Waals surface area (Å²) in [6.45, 7) is 3.97. The molecule has 0 aromatic carbocycles. The lowest BCUT2D eigenvalue weighted by molar-refractivity contribution is -0.125. The summed E-state index contributed by atoms with van der Waals surface area (Å²) in [7, 11) is 0. The topological polar surface area (TPSA) is 94.9 Å². The average Bonchev–Trinajstić information content (AvgIpc) is 3.34. The smallest absolute Gasteiger partial charge is 0.321 e. The second-order valence-corrected chi connectivity index (χ2v) is 6.93. The lowest BCUT2D eigenvalue weighted by Gasteiger charge is -2.37. The molecule has 0 spiro atoms. The minimum atomic E-state index is -0.426. The van der Waals surface area contributed by atoms with Gasteiger partial charge in [0.15, 0.2) is 5.76 Å². The lowest BCUT2D eigenvalue weighted by atomic mass is 10.2. The molecule has 2 aliphatic rings. The van der Waals surface area contributed by atoms with Crippen LogP contribution in [0.4, 0.5) is 4.79 Å². The van der Waals surface area contributed by atoms with Crippen LogP contribution in [0.15, 0.2) is 22.8 Å². The summed E-state index contributed by atoms with van der Waals surface area (Å²) in [5.74, 6) is -0.123. The number of nitrogens with zero attached hydrogens (tertiary/aromatic N) is 2. The van der Waals surface area contributed by atoms with Gasteiger partial charge in [0.2, 0.25) is 5.91 Å². The minimum absolute atomic E-state index is 0.136. The molecule has 1 aromatic heterocycles. The molecule has 3 rings (SSSR count). The Labute approximate surface area is 152 Å². The first-order chi connectivity index (χ1) is 12.5. The molecule has 1 aliphatic carbocycles. The molecule has 1 atom stereocenters. The molecule has 8 heteroatoms. The quantitative estimate of drug-likeness (QED) is 0.839. The molecular formula is C18H26N4O4. The Kier molecular flexibility index (Phi) is 5.92. The second kappa shape index (κ2) is 8.35. The highest BCUT2D eigenvalue weighted by atomic mass is 16.3. The Bertz CT molecular complexity index is 632. The van der Waals surface area contributed by atoms with Gasteiger partial charge in [0.25, 0.3) is 5.91 Å². The first-order valence-electron chi connectivity index (χ1n) is 9.23. The Morgan fingerprint density at radius 1 is 1.15 bits per heavy atom. The van der Waals surface area contributed by atoms with Crippen molar-refractivity contribution in [3.05, 3.63) is 24.2 Å². The first-order valence-corrected chi connectivity index (χ1v) is 9.23. The summed E-state index contributed by atoms with van der Waals surface area (Å²) in [4.78, 5) is 40.2. The van der Waals surface area contributed by atoms with Gasteiger partial charge in [-0.3, -0.25) is 19.8 Å². The van der Waals surface area contributed by atoms with E-state index in [-0.39, 0.29) is 17.9 Å². The van der Waals surface area contributed by atoms with Crippen molar-refractivity contribution < 1.29 is 18.8 Å². The highest BCUT2D eigenvalue weighted by Crippen LogP contribution is 2.17. The Morgan fingerprint density at radius 2 is 1.85 bits per heavy atom. The lowest BCUT2D eigenvalue weighted by Crippen LogP contribution is -2.56. The van der Waals surface area contributed by atoms with Crippen LogP contribution in [0.2, 0.25) is 0 Å². The summed E-state index contributed by atoms with van der Waals surface area (Å²) in [6.07, 6.45) is 5.67. The van der Waals surface area contributed by atoms with Crippen LogP contribution in [0.3, 0.4) is 0 Å². The molecule has 26 heavy (non-hydrogen) atoms. The fourth-order valence-corrected chi connectivity index (χ4v) is 3.54. The summed E-state index contributed by atoms with van der Waals surface area (Å²) < 4.78 is 5.15. The number of nitrogens with one attached hydrogen (secondary N) is 2. The fraction of sp³-hybridized carbons (Fsp3) is 0.611. The molecular weight excluding hydrogens is 336 g/mol. The van der Waals surface area contributed by atoms with Crippen LogP contribution in [0.25, 0.3) is 0 Å². The number of imide groups is 1. The molecule has 1 saturated carbocycles. The predicted molar refractivity (Wildman–Crippen MR) is 94.6 cm³/mol. The summed E-state index contributed by atoms with van der Waals surface area (Å²) in [5, 5.41) is 5.29. The highest BCUT2D eigenvalue weighted by molar-refractivity contribution is 5.97. The molecule has 4 amide bonds. The van der Waals surface area contributed by atoms with E-state index in [4.69, 9.17) is 4.42 Å². The number of rotatable bonds is 4. The van der Waals surface area contributed by atoms with Gasteiger partial charge in [0.1, 0.15) is 0 Å². The van der Waals surface area contributed by atoms with Gasteiger partial charge in [0, 0.05) is 32.2 Å². The van der Waals surface area contributed by atoms with E-state index in [2.05, 4.69) is 10.6 Å². The maximum absolute atomic E-state index is 12.3. The van der Waals surface area contributed by atoms with Crippen molar-refractivity contribution in [3.8, 4) is 0 Å². The van der Waals surface area contributed by atoms with Gasteiger partial charge in [-0.2, -0.15) is 0 Å². The summed E-state index contributed by atoms with van der Waals surface area (Å²) in [6, 6.07) is 2.67. The summed E-state index contributed by atoms with van der Waals surface area (Å²) in [5.41, 5.74) is 0. The molecule has 8 nitrogen and oxygen atoms in total. The Hall–Kier alpha value is -2.35. The number of piperazine rings is 1. The highest BCUT2D eigenvalue weighted by Gasteiger charge is 2.29. The van der Waals surface area contributed by atoms with Crippen LogP contribution >= 0.6 is 0 Å². The van der Waals surface area contributed by atoms with Crippen LogP contribution in [0, 0.1) is 0 Å². The van der Waals surface area contributed by atoms with E-state index >= 15 is 0 Å². The molecule has 2 fully saturated rings. The van der Waals surface area contributed by atoms with Crippen LogP contribution in [-0.2, 0) is 4.79 Å². The number of carbonyl (C=O) groups excluding carboxylic acids is 3. The zero-order chi connectivity index (χ0) is 18.5. The number of furan rings is 1. The molecule has 2 N–H and O–H groups in total. The van der Waals surface area contributed by atoms with E-state index in [0.29, 0.717) is 31.9 Å². The third kappa shape index (κ3) is 4.43. The molecule has 0 bridgehead atoms. The molecule has 0 radical (unpaired) electrons. The van der Waals surface area contributed by atoms with Crippen LogP contribution in [0.5, 0.6) is 0 Å². The van der Waals surface area contributed by atoms with Crippen molar-refractivity contribution >= 4 is 17.8 Å². The number of carbonyl (C=O) groups is 3. The summed E-state index contributed by atoms with van der Waals surface area (Å²) >= 11 is 0. The largest absolute Gasteiger partial charge is 0.459 e. The van der Waals surface area contributed by atoms with Gasteiger partial charge >= 0.3 is 6.03 Å². The zero-order valence-electron chi connectivity index (χ0n) is 15.1. The molecule has 2 heterocycles. The van der Waals surface area contributed by atoms with Crippen molar-refractivity contribution in [2.45, 2.75) is 44.7 Å². The molecule has 1 aliphatic heterocycles. The van der Waals surface area contributed by atoms with Crippen molar-refractivity contribution in [1.29, 1.82) is 0 Å². The van der Waals surface area contributed by atoms with Gasteiger partial charge in [-0.1, -0.05) is 12.8 Å². The molecule has 1 saturated heterocycles. The van der Waals surface area contributed by atoms with Gasteiger partial charge < -0.3 is 14.6 Å². The normalized spacial score (nSPS) is 20.0. The molecule has 1 aromatic rings. The van der Waals surface area contributed by atoms with Gasteiger partial charge in [-0.25, -0.2) is 4.79 Å². The van der Waals surface area contributed by atoms with E-state index in [1.165, 1.54) is 6.26 Å². The van der Waals surface area contributed by atoms with E-state index in [0.717, 1.165) is 25.7 Å². The number of hydrogen-bond donors (Lipinski definition) is 2. The van der Waals surface area contributed by atoms with Crippen molar-refractivity contribution in [1.82, 2.24) is 20.4 Å². The third-order valence-corrected chi connectivity index (χ3v) is 5.19. The number of amides is 4. The molecule has 0 unspecified atom stereocenters. The van der Waals surface area contributed by atoms with E-state index in [1.807, 2.05) is 4.90 Å². The van der Waals surface area contributed by atoms with E-state index < -0.39 is 12.1 Å². The maximum atomic E-state index is 12.3. The monoisotopic (exact) mass is 362 g/mol. The minimum Gasteiger partial charge on any atom is -0.459 e.